The molecule has 2 aromatic carbocycles. The molecule has 0 radical (unpaired) electrons. The molecule has 1 aliphatic rings. The van der Waals surface area contributed by atoms with Crippen LogP contribution in [0.15, 0.2) is 61.1 Å². The van der Waals surface area contributed by atoms with Gasteiger partial charge in [0.25, 0.3) is 0 Å². The van der Waals surface area contributed by atoms with Crippen molar-refractivity contribution < 1.29 is 19.4 Å². The number of carboxylic acids is 1. The van der Waals surface area contributed by atoms with Crippen LogP contribution in [0, 0.1) is 0 Å². The molecule has 0 spiro atoms. The van der Waals surface area contributed by atoms with E-state index in [1.807, 2.05) is 28.8 Å². The fraction of sp³-hybridized carbons (Fsp3) is 0.0952. The molecule has 0 bridgehead atoms. The zero-order chi connectivity index (χ0) is 19.8. The van der Waals surface area contributed by atoms with Crippen LogP contribution >= 0.6 is 0 Å². The van der Waals surface area contributed by atoms with E-state index < -0.39 is 5.97 Å². The van der Waals surface area contributed by atoms with Crippen molar-refractivity contribution in [1.29, 1.82) is 0 Å². The molecule has 0 unspecified atom stereocenters. The van der Waals surface area contributed by atoms with Crippen LogP contribution in [0.2, 0.25) is 0 Å². The van der Waals surface area contributed by atoms with E-state index in [1.165, 1.54) is 0 Å². The Bertz CT molecular complexity index is 1220. The van der Waals surface area contributed by atoms with Crippen LogP contribution in [0.3, 0.4) is 0 Å². The van der Waals surface area contributed by atoms with E-state index in [1.54, 1.807) is 36.7 Å². The normalized spacial score (nSPS) is 12.3. The molecule has 1 aliphatic heterocycles. The largest absolute Gasteiger partial charge is 0.478 e. The van der Waals surface area contributed by atoms with Crippen molar-refractivity contribution >= 4 is 17.4 Å². The van der Waals surface area contributed by atoms with Crippen molar-refractivity contribution in [2.45, 2.75) is 6.54 Å². The molecule has 4 aromatic rings. The number of rotatable bonds is 5. The second-order valence-corrected chi connectivity index (χ2v) is 6.54. The monoisotopic (exact) mass is 388 g/mol. The SMILES string of the molecule is O=C(O)c1ccc(-c2cnc3c(NCc4ccc5c(c4)OCO5)nccn23)cc1. The summed E-state index contributed by atoms with van der Waals surface area (Å²) in [6.07, 6.45) is 5.28. The number of anilines is 1. The summed E-state index contributed by atoms with van der Waals surface area (Å²) in [7, 11) is 0. The molecule has 0 aliphatic carbocycles. The Labute approximate surface area is 165 Å². The molecule has 0 saturated heterocycles. The number of ether oxygens (including phenoxy) is 2. The molecule has 0 fully saturated rings. The number of hydrogen-bond acceptors (Lipinski definition) is 6. The van der Waals surface area contributed by atoms with Gasteiger partial charge in [0.15, 0.2) is 23.0 Å². The molecule has 0 atom stereocenters. The molecule has 0 amide bonds. The molecule has 5 rings (SSSR count). The Morgan fingerprint density at radius 1 is 1.10 bits per heavy atom. The number of carbonyl (C=O) groups is 1. The molecule has 29 heavy (non-hydrogen) atoms. The highest BCUT2D eigenvalue weighted by molar-refractivity contribution is 5.88. The molecular weight excluding hydrogens is 372 g/mol. The maximum absolute atomic E-state index is 11.1. The first-order valence-electron chi connectivity index (χ1n) is 8.97. The highest BCUT2D eigenvalue weighted by atomic mass is 16.7. The van der Waals surface area contributed by atoms with Gasteiger partial charge in [-0.1, -0.05) is 18.2 Å². The van der Waals surface area contributed by atoms with Crippen LogP contribution in [0.25, 0.3) is 16.9 Å². The van der Waals surface area contributed by atoms with Crippen molar-refractivity contribution in [3.8, 4) is 22.8 Å². The Balaban J connectivity index is 1.41. The van der Waals surface area contributed by atoms with Gasteiger partial charge in [0, 0.05) is 24.5 Å². The van der Waals surface area contributed by atoms with Crippen molar-refractivity contribution in [1.82, 2.24) is 14.4 Å². The average Bonchev–Trinajstić information content (AvgIpc) is 3.39. The van der Waals surface area contributed by atoms with Crippen LogP contribution in [0.5, 0.6) is 11.5 Å². The Hall–Kier alpha value is -4.07. The van der Waals surface area contributed by atoms with Gasteiger partial charge in [0.1, 0.15) is 0 Å². The first-order valence-corrected chi connectivity index (χ1v) is 8.97. The van der Waals surface area contributed by atoms with Gasteiger partial charge >= 0.3 is 5.97 Å². The van der Waals surface area contributed by atoms with Gasteiger partial charge in [-0.05, 0) is 29.8 Å². The topological polar surface area (TPSA) is 98.0 Å². The van der Waals surface area contributed by atoms with Gasteiger partial charge in [-0.3, -0.25) is 4.40 Å². The second kappa shape index (κ2) is 6.83. The Morgan fingerprint density at radius 3 is 2.76 bits per heavy atom. The quantitative estimate of drug-likeness (QED) is 0.540. The minimum Gasteiger partial charge on any atom is -0.478 e. The molecule has 8 heteroatoms. The lowest BCUT2D eigenvalue weighted by Gasteiger charge is -2.08. The van der Waals surface area contributed by atoms with E-state index in [4.69, 9.17) is 14.6 Å². The Morgan fingerprint density at radius 2 is 1.93 bits per heavy atom. The zero-order valence-electron chi connectivity index (χ0n) is 15.2. The van der Waals surface area contributed by atoms with E-state index in [0.717, 1.165) is 28.3 Å². The van der Waals surface area contributed by atoms with Gasteiger partial charge in [-0.15, -0.1) is 0 Å². The van der Waals surface area contributed by atoms with Gasteiger partial charge in [-0.25, -0.2) is 14.8 Å². The summed E-state index contributed by atoms with van der Waals surface area (Å²) < 4.78 is 12.7. The third-order valence-electron chi connectivity index (χ3n) is 4.75. The fourth-order valence-corrected chi connectivity index (χ4v) is 3.28. The minimum absolute atomic E-state index is 0.246. The number of hydrogen-bond donors (Lipinski definition) is 2. The second-order valence-electron chi connectivity index (χ2n) is 6.54. The minimum atomic E-state index is -0.950. The maximum Gasteiger partial charge on any atom is 0.335 e. The van der Waals surface area contributed by atoms with E-state index >= 15 is 0 Å². The van der Waals surface area contributed by atoms with Crippen molar-refractivity contribution in [2.75, 3.05) is 12.1 Å². The summed E-state index contributed by atoms with van der Waals surface area (Å²) >= 11 is 0. The summed E-state index contributed by atoms with van der Waals surface area (Å²) in [6, 6.07) is 12.5. The molecule has 2 aromatic heterocycles. The maximum atomic E-state index is 11.1. The molecular formula is C21H16N4O4. The van der Waals surface area contributed by atoms with Gasteiger partial charge in [0.05, 0.1) is 17.5 Å². The van der Waals surface area contributed by atoms with E-state index in [0.29, 0.717) is 18.0 Å². The Kier molecular flexibility index (Phi) is 4.02. The molecule has 8 nitrogen and oxygen atoms in total. The number of imidazole rings is 1. The molecule has 144 valence electrons. The third-order valence-corrected chi connectivity index (χ3v) is 4.75. The smallest absolute Gasteiger partial charge is 0.335 e. The van der Waals surface area contributed by atoms with Crippen LogP contribution in [0.4, 0.5) is 5.82 Å². The summed E-state index contributed by atoms with van der Waals surface area (Å²) in [4.78, 5) is 20.0. The molecule has 0 saturated carbocycles. The average molecular weight is 388 g/mol. The molecule has 2 N–H and O–H groups in total. The number of nitrogens with zero attached hydrogens (tertiary/aromatic N) is 3. The van der Waals surface area contributed by atoms with E-state index in [9.17, 15) is 4.79 Å². The van der Waals surface area contributed by atoms with Gasteiger partial charge in [0.2, 0.25) is 6.79 Å². The number of fused-ring (bicyclic) bond motifs is 2. The number of aromatic carboxylic acids is 1. The standard InChI is InChI=1S/C21H16N4O4/c26-21(27)15-4-2-14(3-5-15)16-11-24-20-19(22-7-8-25(16)20)23-10-13-1-6-17-18(9-13)29-12-28-17/h1-9,11H,10,12H2,(H,22,23)(H,26,27). The number of aromatic nitrogens is 3. The van der Waals surface area contributed by atoms with Gasteiger partial charge < -0.3 is 19.9 Å². The number of nitrogens with one attached hydrogen (secondary N) is 1. The van der Waals surface area contributed by atoms with Crippen LogP contribution in [-0.2, 0) is 6.54 Å². The highest BCUT2D eigenvalue weighted by Gasteiger charge is 2.14. The van der Waals surface area contributed by atoms with Crippen LogP contribution in [-0.4, -0.2) is 32.2 Å². The zero-order valence-corrected chi connectivity index (χ0v) is 15.2. The summed E-state index contributed by atoms with van der Waals surface area (Å²) in [5, 5.41) is 12.4. The number of benzene rings is 2. The van der Waals surface area contributed by atoms with Crippen LogP contribution in [0.1, 0.15) is 15.9 Å². The van der Waals surface area contributed by atoms with E-state index in [2.05, 4.69) is 15.3 Å². The summed E-state index contributed by atoms with van der Waals surface area (Å²) in [6.45, 7) is 0.802. The van der Waals surface area contributed by atoms with E-state index in [-0.39, 0.29) is 12.4 Å². The molecule has 3 heterocycles. The highest BCUT2D eigenvalue weighted by Crippen LogP contribution is 2.32. The predicted octanol–water partition coefficient (Wildman–Crippen LogP) is 3.44. The van der Waals surface area contributed by atoms with Crippen LogP contribution < -0.4 is 14.8 Å². The first kappa shape index (κ1) is 17.1. The van der Waals surface area contributed by atoms with Crippen molar-refractivity contribution in [2.24, 2.45) is 0 Å². The predicted molar refractivity (Wildman–Crippen MR) is 105 cm³/mol. The summed E-state index contributed by atoms with van der Waals surface area (Å²) in [5.74, 6) is 1.19. The summed E-state index contributed by atoms with van der Waals surface area (Å²) in [5.41, 5.74) is 3.69. The lowest BCUT2D eigenvalue weighted by Crippen LogP contribution is -2.04. The first-order chi connectivity index (χ1) is 14.2. The fourth-order valence-electron chi connectivity index (χ4n) is 3.28. The lowest BCUT2D eigenvalue weighted by atomic mass is 10.1. The van der Waals surface area contributed by atoms with Crippen molar-refractivity contribution in [3.05, 3.63) is 72.2 Å². The third kappa shape index (κ3) is 3.10. The lowest BCUT2D eigenvalue weighted by molar-refractivity contribution is 0.0697. The number of carboxylic acid groups (broad SMARTS) is 1. The van der Waals surface area contributed by atoms with Crippen molar-refractivity contribution in [3.63, 3.8) is 0 Å². The van der Waals surface area contributed by atoms with Gasteiger partial charge in [-0.2, -0.15) is 0 Å².